The minimum Gasteiger partial charge on any atom is -0.473 e. The van der Waals surface area contributed by atoms with E-state index < -0.39 is 6.03 Å². The highest BCUT2D eigenvalue weighted by molar-refractivity contribution is 5.91. The zero-order valence-corrected chi connectivity index (χ0v) is 12.6. The van der Waals surface area contributed by atoms with E-state index in [1.807, 2.05) is 37.3 Å². The van der Waals surface area contributed by atoms with Crippen LogP contribution in [-0.2, 0) is 6.61 Å². The largest absolute Gasteiger partial charge is 0.473 e. The monoisotopic (exact) mass is 308 g/mol. The van der Waals surface area contributed by atoms with Crippen LogP contribution in [0.5, 0.6) is 5.88 Å². The number of carbonyl (C=O) groups excluding carboxylic acids is 1. The third-order valence-corrected chi connectivity index (χ3v) is 3.37. The number of pyridine rings is 2. The molecule has 6 heteroatoms. The molecule has 0 saturated carbocycles. The van der Waals surface area contributed by atoms with Crippen LogP contribution in [0.25, 0.3) is 10.8 Å². The van der Waals surface area contributed by atoms with Gasteiger partial charge in [0.2, 0.25) is 5.88 Å². The molecule has 0 bridgehead atoms. The number of ether oxygens (including phenoxy) is 1. The molecular formula is C17H16N4O2. The maximum Gasteiger partial charge on any atom is 0.317 e. The van der Waals surface area contributed by atoms with Gasteiger partial charge in [0.05, 0.1) is 0 Å². The van der Waals surface area contributed by atoms with Crippen molar-refractivity contribution < 1.29 is 9.53 Å². The lowest BCUT2D eigenvalue weighted by Gasteiger charge is -2.09. The van der Waals surface area contributed by atoms with Gasteiger partial charge < -0.3 is 10.5 Å². The molecule has 0 spiro atoms. The van der Waals surface area contributed by atoms with E-state index in [0.717, 1.165) is 21.9 Å². The number of anilines is 1. The van der Waals surface area contributed by atoms with Gasteiger partial charge in [-0.15, -0.1) is 0 Å². The summed E-state index contributed by atoms with van der Waals surface area (Å²) in [7, 11) is 0. The first kappa shape index (κ1) is 14.8. The maximum atomic E-state index is 10.9. The van der Waals surface area contributed by atoms with Crippen LogP contribution in [0.15, 0.2) is 48.8 Å². The van der Waals surface area contributed by atoms with Crippen LogP contribution in [0, 0.1) is 6.92 Å². The van der Waals surface area contributed by atoms with Gasteiger partial charge in [-0.05, 0) is 29.5 Å². The normalized spacial score (nSPS) is 10.5. The van der Waals surface area contributed by atoms with Crippen molar-refractivity contribution in [3.05, 3.63) is 59.9 Å². The van der Waals surface area contributed by atoms with Crippen molar-refractivity contribution in [1.82, 2.24) is 9.97 Å². The molecule has 0 unspecified atom stereocenters. The second-order valence-corrected chi connectivity index (χ2v) is 5.16. The van der Waals surface area contributed by atoms with Gasteiger partial charge in [-0.2, -0.15) is 0 Å². The number of nitrogens with zero attached hydrogens (tertiary/aromatic N) is 2. The SMILES string of the molecule is Cc1ccc(OCc2cccc3cc(NC(N)=O)ncc23)nc1. The van der Waals surface area contributed by atoms with Gasteiger partial charge >= 0.3 is 6.03 Å². The highest BCUT2D eigenvalue weighted by Gasteiger charge is 2.05. The van der Waals surface area contributed by atoms with Crippen molar-refractivity contribution in [2.24, 2.45) is 5.73 Å². The summed E-state index contributed by atoms with van der Waals surface area (Å²) in [5.41, 5.74) is 7.18. The number of hydrogen-bond donors (Lipinski definition) is 2. The molecule has 2 heterocycles. The molecule has 3 aromatic rings. The highest BCUT2D eigenvalue weighted by atomic mass is 16.5. The summed E-state index contributed by atoms with van der Waals surface area (Å²) in [6.45, 7) is 2.36. The molecule has 23 heavy (non-hydrogen) atoms. The van der Waals surface area contributed by atoms with Crippen LogP contribution in [0.2, 0.25) is 0 Å². The van der Waals surface area contributed by atoms with Crippen molar-refractivity contribution in [3.8, 4) is 5.88 Å². The summed E-state index contributed by atoms with van der Waals surface area (Å²) < 4.78 is 5.72. The summed E-state index contributed by atoms with van der Waals surface area (Å²) in [5.74, 6) is 0.996. The first-order valence-electron chi connectivity index (χ1n) is 7.11. The zero-order valence-electron chi connectivity index (χ0n) is 12.6. The van der Waals surface area contributed by atoms with E-state index in [0.29, 0.717) is 18.3 Å². The number of aromatic nitrogens is 2. The number of hydrogen-bond acceptors (Lipinski definition) is 4. The Morgan fingerprint density at radius 1 is 1.22 bits per heavy atom. The van der Waals surface area contributed by atoms with Gasteiger partial charge in [0.15, 0.2) is 0 Å². The Balaban J connectivity index is 1.83. The fraction of sp³-hybridized carbons (Fsp3) is 0.118. The van der Waals surface area contributed by atoms with Crippen LogP contribution in [0.1, 0.15) is 11.1 Å². The number of carbonyl (C=O) groups is 1. The molecule has 2 aromatic heterocycles. The van der Waals surface area contributed by atoms with Gasteiger partial charge in [-0.1, -0.05) is 24.3 Å². The Hall–Kier alpha value is -3.15. The van der Waals surface area contributed by atoms with Crippen molar-refractivity contribution >= 4 is 22.6 Å². The Labute approximate surface area is 133 Å². The number of amides is 2. The van der Waals surface area contributed by atoms with Crippen molar-refractivity contribution in [1.29, 1.82) is 0 Å². The molecule has 0 aliphatic rings. The summed E-state index contributed by atoms with van der Waals surface area (Å²) in [6.07, 6.45) is 3.46. The average Bonchev–Trinajstić information content (AvgIpc) is 2.53. The Kier molecular flexibility index (Phi) is 4.05. The topological polar surface area (TPSA) is 90.1 Å². The molecule has 6 nitrogen and oxygen atoms in total. The first-order valence-corrected chi connectivity index (χ1v) is 7.11. The van der Waals surface area contributed by atoms with Gasteiger partial charge in [-0.25, -0.2) is 14.8 Å². The lowest BCUT2D eigenvalue weighted by molar-refractivity contribution is 0.259. The third-order valence-electron chi connectivity index (χ3n) is 3.37. The summed E-state index contributed by atoms with van der Waals surface area (Å²) in [4.78, 5) is 19.3. The highest BCUT2D eigenvalue weighted by Crippen LogP contribution is 2.22. The van der Waals surface area contributed by atoms with Crippen LogP contribution in [0.4, 0.5) is 10.6 Å². The number of nitrogens with one attached hydrogen (secondary N) is 1. The molecular weight excluding hydrogens is 292 g/mol. The maximum absolute atomic E-state index is 10.9. The molecule has 0 saturated heterocycles. The van der Waals surface area contributed by atoms with E-state index in [-0.39, 0.29) is 0 Å². The predicted molar refractivity (Wildman–Crippen MR) is 88.3 cm³/mol. The number of urea groups is 1. The number of nitrogens with two attached hydrogens (primary N) is 1. The Bertz CT molecular complexity index is 847. The molecule has 3 N–H and O–H groups in total. The van der Waals surface area contributed by atoms with E-state index >= 15 is 0 Å². The molecule has 3 rings (SSSR count). The standard InChI is InChI=1S/C17H16N4O2/c1-11-5-6-16(20-8-11)23-10-13-4-2-3-12-7-15(21-17(18)22)19-9-14(12)13/h2-9H,10H2,1H3,(H3,18,19,21,22). The number of rotatable bonds is 4. The smallest absolute Gasteiger partial charge is 0.317 e. The first-order chi connectivity index (χ1) is 11.1. The third kappa shape index (κ3) is 3.55. The molecule has 1 aromatic carbocycles. The van der Waals surface area contributed by atoms with Crippen LogP contribution in [0.3, 0.4) is 0 Å². The van der Waals surface area contributed by atoms with E-state index in [2.05, 4.69) is 15.3 Å². The van der Waals surface area contributed by atoms with E-state index in [1.165, 1.54) is 0 Å². The summed E-state index contributed by atoms with van der Waals surface area (Å²) >= 11 is 0. The minimum atomic E-state index is -0.637. The lowest BCUT2D eigenvalue weighted by atomic mass is 10.1. The molecule has 0 fully saturated rings. The van der Waals surface area contributed by atoms with Gasteiger partial charge in [-0.3, -0.25) is 5.32 Å². The zero-order chi connectivity index (χ0) is 16.2. The average molecular weight is 308 g/mol. The number of primary amides is 1. The van der Waals surface area contributed by atoms with Crippen LogP contribution in [-0.4, -0.2) is 16.0 Å². The summed E-state index contributed by atoms with van der Waals surface area (Å²) in [5, 5.41) is 4.37. The number of aryl methyl sites for hydroxylation is 1. The van der Waals surface area contributed by atoms with Crippen molar-refractivity contribution in [3.63, 3.8) is 0 Å². The number of benzene rings is 1. The lowest BCUT2D eigenvalue weighted by Crippen LogP contribution is -2.19. The van der Waals surface area contributed by atoms with Crippen LogP contribution >= 0.6 is 0 Å². The molecule has 2 amide bonds. The molecule has 116 valence electrons. The van der Waals surface area contributed by atoms with E-state index in [4.69, 9.17) is 10.5 Å². The minimum absolute atomic E-state index is 0.387. The van der Waals surface area contributed by atoms with E-state index in [9.17, 15) is 4.79 Å². The summed E-state index contributed by atoms with van der Waals surface area (Å²) in [6, 6.07) is 10.8. The predicted octanol–water partition coefficient (Wildman–Crippen LogP) is 3.01. The van der Waals surface area contributed by atoms with Crippen molar-refractivity contribution in [2.75, 3.05) is 5.32 Å². The molecule has 0 radical (unpaired) electrons. The Morgan fingerprint density at radius 3 is 2.83 bits per heavy atom. The second kappa shape index (κ2) is 6.31. The fourth-order valence-electron chi connectivity index (χ4n) is 2.25. The van der Waals surface area contributed by atoms with Gasteiger partial charge in [0.25, 0.3) is 0 Å². The van der Waals surface area contributed by atoms with Crippen molar-refractivity contribution in [2.45, 2.75) is 13.5 Å². The molecule has 0 aliphatic heterocycles. The van der Waals surface area contributed by atoms with E-state index in [1.54, 1.807) is 18.5 Å². The number of fused-ring (bicyclic) bond motifs is 1. The molecule has 0 atom stereocenters. The quantitative estimate of drug-likeness (QED) is 0.775. The Morgan fingerprint density at radius 2 is 2.09 bits per heavy atom. The van der Waals surface area contributed by atoms with Gasteiger partial charge in [0, 0.05) is 23.8 Å². The molecule has 0 aliphatic carbocycles. The van der Waals surface area contributed by atoms with Gasteiger partial charge in [0.1, 0.15) is 12.4 Å². The fourth-order valence-corrected chi connectivity index (χ4v) is 2.25. The van der Waals surface area contributed by atoms with Crippen LogP contribution < -0.4 is 15.8 Å². The second-order valence-electron chi connectivity index (χ2n) is 5.16.